The molecule has 13 heavy (non-hydrogen) atoms. The zero-order chi connectivity index (χ0) is 9.52. The van der Waals surface area contributed by atoms with Crippen LogP contribution in [0.25, 0.3) is 0 Å². The van der Waals surface area contributed by atoms with E-state index >= 15 is 0 Å². The van der Waals surface area contributed by atoms with E-state index in [0.29, 0.717) is 0 Å². The minimum absolute atomic E-state index is 0.847. The van der Waals surface area contributed by atoms with E-state index < -0.39 is 0 Å². The van der Waals surface area contributed by atoms with E-state index in [9.17, 15) is 0 Å². The molecule has 0 aliphatic rings. The first-order valence-corrected chi connectivity index (χ1v) is 5.09. The number of aromatic nitrogens is 3. The van der Waals surface area contributed by atoms with Crippen LogP contribution in [0.5, 0.6) is 0 Å². The highest BCUT2D eigenvalue weighted by Gasteiger charge is 1.90. The SMILES string of the molecule is Brc1cccnc1Br.c1cn[nH]c1. The molecular formula is C8H7Br2N3. The Hall–Kier alpha value is -0.680. The number of aromatic amines is 1. The van der Waals surface area contributed by atoms with Crippen LogP contribution in [0.2, 0.25) is 0 Å². The molecule has 1 N–H and O–H groups in total. The molecule has 68 valence electrons. The Morgan fingerprint density at radius 2 is 2.00 bits per heavy atom. The minimum Gasteiger partial charge on any atom is -0.286 e. The quantitative estimate of drug-likeness (QED) is 0.760. The number of hydrogen-bond donors (Lipinski definition) is 1. The smallest absolute Gasteiger partial charge is 0.120 e. The predicted octanol–water partition coefficient (Wildman–Crippen LogP) is 3.02. The first-order valence-electron chi connectivity index (χ1n) is 3.50. The summed E-state index contributed by atoms with van der Waals surface area (Å²) in [6, 6.07) is 5.63. The summed E-state index contributed by atoms with van der Waals surface area (Å²) < 4.78 is 1.83. The largest absolute Gasteiger partial charge is 0.286 e. The maximum absolute atomic E-state index is 3.95. The molecule has 0 amide bonds. The van der Waals surface area contributed by atoms with Gasteiger partial charge >= 0.3 is 0 Å². The van der Waals surface area contributed by atoms with Crippen LogP contribution in [-0.2, 0) is 0 Å². The van der Waals surface area contributed by atoms with E-state index in [2.05, 4.69) is 47.0 Å². The highest BCUT2D eigenvalue weighted by molar-refractivity contribution is 9.13. The molecule has 0 atom stereocenters. The maximum atomic E-state index is 3.95. The summed E-state index contributed by atoms with van der Waals surface area (Å²) in [6.45, 7) is 0. The maximum Gasteiger partial charge on any atom is 0.120 e. The zero-order valence-electron chi connectivity index (χ0n) is 6.61. The molecule has 2 aromatic heterocycles. The second-order valence-electron chi connectivity index (χ2n) is 2.04. The van der Waals surface area contributed by atoms with Gasteiger partial charge in [0.15, 0.2) is 0 Å². The standard InChI is InChI=1S/C5H3Br2N.C3H4N2/c6-4-2-1-3-8-5(4)7;1-2-4-5-3-1/h1-3H;1-3H,(H,4,5). The topological polar surface area (TPSA) is 41.6 Å². The fourth-order valence-electron chi connectivity index (χ4n) is 0.582. The van der Waals surface area contributed by atoms with Gasteiger partial charge in [-0.15, -0.1) is 0 Å². The number of nitrogens with zero attached hydrogens (tertiary/aromatic N) is 2. The highest BCUT2D eigenvalue weighted by atomic mass is 79.9. The molecule has 0 saturated heterocycles. The van der Waals surface area contributed by atoms with Crippen LogP contribution in [0.15, 0.2) is 45.9 Å². The van der Waals surface area contributed by atoms with Crippen molar-refractivity contribution in [3.63, 3.8) is 0 Å². The van der Waals surface area contributed by atoms with Gasteiger partial charge in [-0.25, -0.2) is 4.98 Å². The number of nitrogens with one attached hydrogen (secondary N) is 1. The Balaban J connectivity index is 0.000000145. The summed E-state index contributed by atoms with van der Waals surface area (Å²) in [5.41, 5.74) is 0. The zero-order valence-corrected chi connectivity index (χ0v) is 9.79. The normalized spacial score (nSPS) is 8.77. The van der Waals surface area contributed by atoms with Crippen molar-refractivity contribution in [1.82, 2.24) is 15.2 Å². The van der Waals surface area contributed by atoms with Gasteiger partial charge in [0.1, 0.15) is 4.60 Å². The molecule has 0 radical (unpaired) electrons. The monoisotopic (exact) mass is 303 g/mol. The molecule has 2 heterocycles. The third-order valence-corrected chi connectivity index (χ3v) is 2.92. The first-order chi connectivity index (χ1) is 6.30. The number of pyridine rings is 1. The molecule has 5 heteroatoms. The van der Waals surface area contributed by atoms with Gasteiger partial charge in [0.2, 0.25) is 0 Å². The van der Waals surface area contributed by atoms with Gasteiger partial charge in [-0.1, -0.05) is 0 Å². The van der Waals surface area contributed by atoms with E-state index in [-0.39, 0.29) is 0 Å². The molecule has 0 aliphatic heterocycles. The van der Waals surface area contributed by atoms with Crippen molar-refractivity contribution in [2.45, 2.75) is 0 Å². The van der Waals surface area contributed by atoms with Gasteiger partial charge in [-0.3, -0.25) is 5.10 Å². The van der Waals surface area contributed by atoms with Crippen molar-refractivity contribution in [3.05, 3.63) is 45.9 Å². The van der Waals surface area contributed by atoms with E-state index in [0.717, 1.165) is 9.08 Å². The number of halogens is 2. The van der Waals surface area contributed by atoms with Gasteiger partial charge in [-0.05, 0) is 50.1 Å². The van der Waals surface area contributed by atoms with Crippen molar-refractivity contribution in [2.24, 2.45) is 0 Å². The van der Waals surface area contributed by atoms with E-state index in [1.165, 1.54) is 0 Å². The first kappa shape index (κ1) is 10.4. The lowest BCUT2D eigenvalue weighted by Crippen LogP contribution is -1.71. The molecule has 0 spiro atoms. The molecular weight excluding hydrogens is 298 g/mol. The van der Waals surface area contributed by atoms with Crippen LogP contribution in [0, 0.1) is 0 Å². The predicted molar refractivity (Wildman–Crippen MR) is 58.2 cm³/mol. The lowest BCUT2D eigenvalue weighted by molar-refractivity contribution is 1.09. The van der Waals surface area contributed by atoms with Crippen molar-refractivity contribution in [2.75, 3.05) is 0 Å². The van der Waals surface area contributed by atoms with Gasteiger partial charge in [0.25, 0.3) is 0 Å². The van der Waals surface area contributed by atoms with E-state index in [4.69, 9.17) is 0 Å². The molecule has 0 bridgehead atoms. The van der Waals surface area contributed by atoms with Gasteiger partial charge in [0, 0.05) is 18.6 Å². The van der Waals surface area contributed by atoms with Gasteiger partial charge in [-0.2, -0.15) is 5.10 Å². The minimum atomic E-state index is 0.847. The van der Waals surface area contributed by atoms with Crippen LogP contribution in [0.1, 0.15) is 0 Å². The summed E-state index contributed by atoms with van der Waals surface area (Å²) in [5, 5.41) is 6.21. The second kappa shape index (κ2) is 5.88. The Morgan fingerprint density at radius 3 is 2.31 bits per heavy atom. The molecule has 0 fully saturated rings. The number of H-pyrrole nitrogens is 1. The summed E-state index contributed by atoms with van der Waals surface area (Å²) in [6.07, 6.45) is 5.19. The average Bonchev–Trinajstić information content (AvgIpc) is 2.68. The third-order valence-electron chi connectivity index (χ3n) is 1.12. The Bertz CT molecular complexity index is 297. The van der Waals surface area contributed by atoms with Crippen LogP contribution >= 0.6 is 31.9 Å². The van der Waals surface area contributed by atoms with Crippen molar-refractivity contribution in [1.29, 1.82) is 0 Å². The Labute approximate surface area is 92.8 Å². The fourth-order valence-corrected chi connectivity index (χ4v) is 1.09. The molecule has 3 nitrogen and oxygen atoms in total. The van der Waals surface area contributed by atoms with Gasteiger partial charge in [0.05, 0.1) is 4.47 Å². The molecule has 0 saturated carbocycles. The van der Waals surface area contributed by atoms with Crippen LogP contribution in [-0.4, -0.2) is 15.2 Å². The molecule has 0 aromatic carbocycles. The van der Waals surface area contributed by atoms with E-state index in [1.807, 2.05) is 18.2 Å². The summed E-state index contributed by atoms with van der Waals surface area (Å²) in [5.74, 6) is 0. The summed E-state index contributed by atoms with van der Waals surface area (Å²) >= 11 is 6.52. The number of rotatable bonds is 0. The third kappa shape index (κ3) is 4.19. The molecule has 0 unspecified atom stereocenters. The van der Waals surface area contributed by atoms with Crippen LogP contribution < -0.4 is 0 Å². The second-order valence-corrected chi connectivity index (χ2v) is 3.65. The lowest BCUT2D eigenvalue weighted by Gasteiger charge is -1.88. The van der Waals surface area contributed by atoms with Crippen LogP contribution in [0.4, 0.5) is 0 Å². The van der Waals surface area contributed by atoms with Crippen molar-refractivity contribution in [3.8, 4) is 0 Å². The van der Waals surface area contributed by atoms with E-state index in [1.54, 1.807) is 18.6 Å². The van der Waals surface area contributed by atoms with Crippen molar-refractivity contribution >= 4 is 31.9 Å². The highest BCUT2D eigenvalue weighted by Crippen LogP contribution is 2.17. The Kier molecular flexibility index (Phi) is 4.70. The number of hydrogen-bond acceptors (Lipinski definition) is 2. The molecule has 2 rings (SSSR count). The lowest BCUT2D eigenvalue weighted by atomic mass is 10.5. The summed E-state index contributed by atoms with van der Waals surface area (Å²) in [4.78, 5) is 3.95. The fraction of sp³-hybridized carbons (Fsp3) is 0. The average molecular weight is 305 g/mol. The molecule has 0 aliphatic carbocycles. The summed E-state index contributed by atoms with van der Waals surface area (Å²) in [7, 11) is 0. The molecule has 2 aromatic rings. The van der Waals surface area contributed by atoms with Crippen molar-refractivity contribution < 1.29 is 0 Å². The van der Waals surface area contributed by atoms with Crippen LogP contribution in [0.3, 0.4) is 0 Å². The Morgan fingerprint density at radius 1 is 1.15 bits per heavy atom. The van der Waals surface area contributed by atoms with Gasteiger partial charge < -0.3 is 0 Å².